The summed E-state index contributed by atoms with van der Waals surface area (Å²) in [6.45, 7) is 1.62. The number of urea groups is 1. The molecule has 56 valence electrons. The van der Waals surface area contributed by atoms with Crippen LogP contribution in [0.25, 0.3) is 0 Å². The largest absolute Gasteiger partial charge is 0.348 e. The van der Waals surface area contributed by atoms with Crippen LogP contribution in [0.4, 0.5) is 4.79 Å². The molecule has 0 spiro atoms. The van der Waals surface area contributed by atoms with Crippen molar-refractivity contribution in [1.82, 2.24) is 5.32 Å². The molecule has 0 aromatic rings. The molecular formula is C7H6N2O2. The summed E-state index contributed by atoms with van der Waals surface area (Å²) in [5.74, 6) is 4.78. The van der Waals surface area contributed by atoms with Crippen LogP contribution in [0.3, 0.4) is 0 Å². The fourth-order valence-electron chi connectivity index (χ4n) is 0.722. The summed E-state index contributed by atoms with van der Waals surface area (Å²) in [5, 5.41) is 2.03. The van der Waals surface area contributed by atoms with Gasteiger partial charge in [0.2, 0.25) is 5.91 Å². The minimum absolute atomic E-state index is 0.104. The van der Waals surface area contributed by atoms with Gasteiger partial charge in [-0.05, 0) is 6.92 Å². The predicted octanol–water partition coefficient (Wildman–Crippen LogP) is 0.0906. The average molecular weight is 150 g/mol. The van der Waals surface area contributed by atoms with Gasteiger partial charge in [0.05, 0.1) is 6.42 Å². The summed E-state index contributed by atoms with van der Waals surface area (Å²) in [5.41, 5.74) is 0.334. The van der Waals surface area contributed by atoms with Gasteiger partial charge in [0, 0.05) is 0 Å². The quantitative estimate of drug-likeness (QED) is 0.497. The third kappa shape index (κ3) is 1.90. The molecule has 0 bridgehead atoms. The second-order valence-electron chi connectivity index (χ2n) is 1.96. The second-order valence-corrected chi connectivity index (χ2v) is 1.96. The zero-order chi connectivity index (χ0) is 8.27. The van der Waals surface area contributed by atoms with Crippen LogP contribution in [0, 0.1) is 11.8 Å². The molecule has 1 heterocycles. The van der Waals surface area contributed by atoms with Crippen molar-refractivity contribution in [2.24, 2.45) is 4.99 Å². The van der Waals surface area contributed by atoms with Crippen LogP contribution in [0.1, 0.15) is 13.3 Å². The predicted molar refractivity (Wildman–Crippen MR) is 39.0 cm³/mol. The minimum Gasteiger partial charge on any atom is -0.276 e. The summed E-state index contributed by atoms with van der Waals surface area (Å²) in [7, 11) is 0. The smallest absolute Gasteiger partial charge is 0.276 e. The molecule has 0 saturated heterocycles. The van der Waals surface area contributed by atoms with Crippen molar-refractivity contribution in [3.8, 4) is 11.8 Å². The maximum atomic E-state index is 10.7. The zero-order valence-electron chi connectivity index (χ0n) is 5.97. The number of carbonyl (C=O) groups excluding carboxylic acids is 2. The number of amides is 3. The lowest BCUT2D eigenvalue weighted by Gasteiger charge is -2.05. The molecule has 4 nitrogen and oxygen atoms in total. The van der Waals surface area contributed by atoms with Crippen LogP contribution >= 0.6 is 0 Å². The van der Waals surface area contributed by atoms with Crippen LogP contribution in [0.2, 0.25) is 0 Å². The van der Waals surface area contributed by atoms with E-state index in [0.717, 1.165) is 0 Å². The van der Waals surface area contributed by atoms with Crippen LogP contribution < -0.4 is 5.32 Å². The van der Waals surface area contributed by atoms with Gasteiger partial charge in [0.25, 0.3) is 0 Å². The number of imide groups is 1. The molecule has 0 saturated carbocycles. The van der Waals surface area contributed by atoms with E-state index in [0.29, 0.717) is 5.71 Å². The summed E-state index contributed by atoms with van der Waals surface area (Å²) >= 11 is 0. The highest BCUT2D eigenvalue weighted by molar-refractivity contribution is 6.20. The molecule has 0 aromatic heterocycles. The van der Waals surface area contributed by atoms with Gasteiger partial charge in [-0.25, -0.2) is 4.79 Å². The molecule has 0 atom stereocenters. The van der Waals surface area contributed by atoms with Gasteiger partial charge in [-0.1, -0.05) is 5.92 Å². The maximum Gasteiger partial charge on any atom is 0.348 e. The van der Waals surface area contributed by atoms with Gasteiger partial charge in [-0.15, -0.1) is 5.92 Å². The molecule has 0 aromatic carbocycles. The Morgan fingerprint density at radius 2 is 2.27 bits per heavy atom. The standard InChI is InChI=1S/C7H6N2O2/c1-2-3-5-4-6(10)9-7(11)8-5/h4H2,1H3,(H,9,10,11). The van der Waals surface area contributed by atoms with Crippen molar-refractivity contribution in [2.45, 2.75) is 13.3 Å². The number of nitrogens with zero attached hydrogens (tertiary/aromatic N) is 1. The number of rotatable bonds is 0. The van der Waals surface area contributed by atoms with E-state index in [4.69, 9.17) is 0 Å². The van der Waals surface area contributed by atoms with E-state index in [1.54, 1.807) is 6.92 Å². The monoisotopic (exact) mass is 150 g/mol. The van der Waals surface area contributed by atoms with Crippen molar-refractivity contribution >= 4 is 17.6 Å². The third-order valence-electron chi connectivity index (χ3n) is 1.08. The van der Waals surface area contributed by atoms with E-state index < -0.39 is 6.03 Å². The highest BCUT2D eigenvalue weighted by Gasteiger charge is 2.15. The number of hydrogen-bond donors (Lipinski definition) is 1. The Hall–Kier alpha value is -1.63. The number of aliphatic imine (C=N–C) groups is 1. The van der Waals surface area contributed by atoms with Gasteiger partial charge < -0.3 is 0 Å². The van der Waals surface area contributed by atoms with E-state index in [-0.39, 0.29) is 12.3 Å². The molecule has 0 aliphatic carbocycles. The van der Waals surface area contributed by atoms with Crippen LogP contribution in [0.15, 0.2) is 4.99 Å². The van der Waals surface area contributed by atoms with Crippen molar-refractivity contribution in [2.75, 3.05) is 0 Å². The zero-order valence-corrected chi connectivity index (χ0v) is 5.97. The Morgan fingerprint density at radius 1 is 1.55 bits per heavy atom. The molecule has 1 rings (SSSR count). The van der Waals surface area contributed by atoms with Crippen molar-refractivity contribution in [3.63, 3.8) is 0 Å². The van der Waals surface area contributed by atoms with Crippen LogP contribution in [-0.4, -0.2) is 17.6 Å². The Kier molecular flexibility index (Phi) is 2.02. The lowest BCUT2D eigenvalue weighted by molar-refractivity contribution is -0.118. The number of carbonyl (C=O) groups is 2. The van der Waals surface area contributed by atoms with E-state index >= 15 is 0 Å². The van der Waals surface area contributed by atoms with E-state index in [1.165, 1.54) is 0 Å². The first-order valence-corrected chi connectivity index (χ1v) is 3.06. The van der Waals surface area contributed by atoms with Crippen molar-refractivity contribution in [1.29, 1.82) is 0 Å². The Bertz CT molecular complexity index is 293. The molecule has 1 N–H and O–H groups in total. The van der Waals surface area contributed by atoms with E-state index in [1.807, 2.05) is 5.32 Å². The Morgan fingerprint density at radius 3 is 2.82 bits per heavy atom. The summed E-state index contributed by atoms with van der Waals surface area (Å²) in [6, 6.07) is -0.626. The number of hydrogen-bond acceptors (Lipinski definition) is 2. The number of nitrogens with one attached hydrogen (secondary N) is 1. The fraction of sp³-hybridized carbons (Fsp3) is 0.286. The molecule has 3 amide bonds. The van der Waals surface area contributed by atoms with Gasteiger partial charge in [-0.3, -0.25) is 10.1 Å². The molecule has 11 heavy (non-hydrogen) atoms. The summed E-state index contributed by atoms with van der Waals surface area (Å²) in [4.78, 5) is 24.7. The van der Waals surface area contributed by atoms with Crippen LogP contribution in [-0.2, 0) is 4.79 Å². The highest BCUT2D eigenvalue weighted by atomic mass is 16.2. The normalized spacial score (nSPS) is 16.3. The fourth-order valence-corrected chi connectivity index (χ4v) is 0.722. The third-order valence-corrected chi connectivity index (χ3v) is 1.08. The first kappa shape index (κ1) is 7.48. The van der Waals surface area contributed by atoms with E-state index in [9.17, 15) is 9.59 Å². The van der Waals surface area contributed by atoms with Gasteiger partial charge in [0.1, 0.15) is 5.71 Å². The first-order valence-electron chi connectivity index (χ1n) is 3.06. The lowest BCUT2D eigenvalue weighted by Crippen LogP contribution is -2.34. The SMILES string of the molecule is CC#CC1=NC(=O)NC(=O)C1. The molecular weight excluding hydrogens is 144 g/mol. The second kappa shape index (κ2) is 2.97. The topological polar surface area (TPSA) is 58.5 Å². The summed E-state index contributed by atoms with van der Waals surface area (Å²) < 4.78 is 0. The van der Waals surface area contributed by atoms with Crippen molar-refractivity contribution in [3.05, 3.63) is 0 Å². The lowest BCUT2D eigenvalue weighted by atomic mass is 10.2. The molecule has 0 unspecified atom stereocenters. The average Bonchev–Trinajstić information content (AvgIpc) is 1.85. The Labute approximate surface area is 63.7 Å². The van der Waals surface area contributed by atoms with E-state index in [2.05, 4.69) is 16.8 Å². The minimum atomic E-state index is -0.626. The Balaban J connectivity index is 2.85. The van der Waals surface area contributed by atoms with Crippen LogP contribution in [0.5, 0.6) is 0 Å². The molecule has 1 aliphatic heterocycles. The van der Waals surface area contributed by atoms with Gasteiger partial charge in [-0.2, -0.15) is 4.99 Å². The molecule has 0 radical (unpaired) electrons. The highest BCUT2D eigenvalue weighted by Crippen LogP contribution is 1.94. The van der Waals surface area contributed by atoms with Crippen molar-refractivity contribution < 1.29 is 9.59 Å². The first-order chi connectivity index (χ1) is 5.22. The molecule has 0 fully saturated rings. The molecule has 4 heteroatoms. The summed E-state index contributed by atoms with van der Waals surface area (Å²) in [6.07, 6.45) is 0.104. The molecule has 1 aliphatic rings. The maximum absolute atomic E-state index is 10.7. The van der Waals surface area contributed by atoms with Gasteiger partial charge >= 0.3 is 6.03 Å². The van der Waals surface area contributed by atoms with Gasteiger partial charge in [0.15, 0.2) is 0 Å².